The summed E-state index contributed by atoms with van der Waals surface area (Å²) in [5.41, 5.74) is 1.37. The van der Waals surface area contributed by atoms with E-state index in [1.54, 1.807) is 7.11 Å². The number of benzene rings is 1. The lowest BCUT2D eigenvalue weighted by Gasteiger charge is -2.25. The molecule has 0 amide bonds. The van der Waals surface area contributed by atoms with Gasteiger partial charge in [0.05, 0.1) is 7.11 Å². The Labute approximate surface area is 123 Å². The van der Waals surface area contributed by atoms with Gasteiger partial charge in [-0.05, 0) is 50.0 Å². The highest BCUT2D eigenvalue weighted by molar-refractivity contribution is 5.27. The van der Waals surface area contributed by atoms with Crippen LogP contribution in [0.5, 0.6) is 5.75 Å². The standard InChI is InChI=1S/C17H28N2O/c1-3-4-12-19(14-16-6-5-11-18-16)13-15-7-9-17(20-2)10-8-15/h7-10,16,18H,3-6,11-14H2,1-2H3. The van der Waals surface area contributed by atoms with Gasteiger partial charge in [0.25, 0.3) is 0 Å². The Hall–Kier alpha value is -1.06. The van der Waals surface area contributed by atoms with Crippen LogP contribution in [0, 0.1) is 0 Å². The molecule has 0 saturated carbocycles. The first kappa shape index (κ1) is 15.3. The minimum Gasteiger partial charge on any atom is -0.497 e. The van der Waals surface area contributed by atoms with Crippen molar-refractivity contribution in [1.82, 2.24) is 10.2 Å². The Morgan fingerprint density at radius 2 is 2.10 bits per heavy atom. The van der Waals surface area contributed by atoms with E-state index >= 15 is 0 Å². The summed E-state index contributed by atoms with van der Waals surface area (Å²) in [6.07, 6.45) is 5.19. The molecule has 2 rings (SSSR count). The van der Waals surface area contributed by atoms with Crippen LogP contribution in [0.4, 0.5) is 0 Å². The second-order valence-electron chi connectivity index (χ2n) is 5.73. The molecule has 1 aliphatic rings. The van der Waals surface area contributed by atoms with Crippen LogP contribution in [-0.2, 0) is 6.54 Å². The van der Waals surface area contributed by atoms with E-state index in [9.17, 15) is 0 Å². The number of unbranched alkanes of at least 4 members (excludes halogenated alkanes) is 1. The number of hydrogen-bond acceptors (Lipinski definition) is 3. The molecule has 0 bridgehead atoms. The smallest absolute Gasteiger partial charge is 0.118 e. The minimum atomic E-state index is 0.685. The van der Waals surface area contributed by atoms with Crippen molar-refractivity contribution in [2.24, 2.45) is 0 Å². The monoisotopic (exact) mass is 276 g/mol. The van der Waals surface area contributed by atoms with E-state index in [0.29, 0.717) is 6.04 Å². The largest absolute Gasteiger partial charge is 0.497 e. The number of nitrogens with one attached hydrogen (secondary N) is 1. The van der Waals surface area contributed by atoms with Crippen molar-refractivity contribution in [3.8, 4) is 5.75 Å². The molecule has 1 aliphatic heterocycles. The molecule has 112 valence electrons. The zero-order valence-corrected chi connectivity index (χ0v) is 12.9. The fourth-order valence-electron chi connectivity index (χ4n) is 2.83. The highest BCUT2D eigenvalue weighted by Gasteiger charge is 2.17. The van der Waals surface area contributed by atoms with Crippen LogP contribution in [0.2, 0.25) is 0 Å². The van der Waals surface area contributed by atoms with Crippen molar-refractivity contribution in [1.29, 1.82) is 0 Å². The van der Waals surface area contributed by atoms with Crippen LogP contribution in [0.3, 0.4) is 0 Å². The van der Waals surface area contributed by atoms with Gasteiger partial charge in [0, 0.05) is 19.1 Å². The minimum absolute atomic E-state index is 0.685. The molecule has 1 heterocycles. The van der Waals surface area contributed by atoms with Crippen LogP contribution in [0.15, 0.2) is 24.3 Å². The Morgan fingerprint density at radius 3 is 2.70 bits per heavy atom. The highest BCUT2D eigenvalue weighted by atomic mass is 16.5. The average molecular weight is 276 g/mol. The third-order valence-corrected chi connectivity index (χ3v) is 4.03. The van der Waals surface area contributed by atoms with Crippen molar-refractivity contribution < 1.29 is 4.74 Å². The summed E-state index contributed by atoms with van der Waals surface area (Å²) in [7, 11) is 1.72. The summed E-state index contributed by atoms with van der Waals surface area (Å²) in [6, 6.07) is 9.16. The van der Waals surface area contributed by atoms with Gasteiger partial charge in [0.15, 0.2) is 0 Å². The predicted octanol–water partition coefficient (Wildman–Crippen LogP) is 3.05. The van der Waals surface area contributed by atoms with Gasteiger partial charge in [-0.1, -0.05) is 25.5 Å². The van der Waals surface area contributed by atoms with E-state index in [1.807, 2.05) is 0 Å². The zero-order valence-electron chi connectivity index (χ0n) is 12.9. The molecule has 1 unspecified atom stereocenters. The van der Waals surface area contributed by atoms with Crippen molar-refractivity contribution in [3.63, 3.8) is 0 Å². The van der Waals surface area contributed by atoms with E-state index in [1.165, 1.54) is 50.9 Å². The number of methoxy groups -OCH3 is 1. The summed E-state index contributed by atoms with van der Waals surface area (Å²) in [5, 5.41) is 3.61. The first-order chi connectivity index (χ1) is 9.81. The van der Waals surface area contributed by atoms with Crippen molar-refractivity contribution in [3.05, 3.63) is 29.8 Å². The molecule has 1 saturated heterocycles. The lowest BCUT2D eigenvalue weighted by atomic mass is 10.1. The van der Waals surface area contributed by atoms with Gasteiger partial charge in [-0.3, -0.25) is 4.90 Å². The van der Waals surface area contributed by atoms with Crippen LogP contribution in [0.1, 0.15) is 38.2 Å². The Kier molecular flexibility index (Phi) is 6.34. The lowest BCUT2D eigenvalue weighted by molar-refractivity contribution is 0.237. The van der Waals surface area contributed by atoms with E-state index in [0.717, 1.165) is 12.3 Å². The molecule has 0 aromatic heterocycles. The third kappa shape index (κ3) is 4.80. The van der Waals surface area contributed by atoms with Crippen LogP contribution < -0.4 is 10.1 Å². The Morgan fingerprint density at radius 1 is 1.30 bits per heavy atom. The van der Waals surface area contributed by atoms with E-state index < -0.39 is 0 Å². The summed E-state index contributed by atoms with van der Waals surface area (Å²) in [4.78, 5) is 2.59. The molecule has 1 fully saturated rings. The Bertz CT molecular complexity index is 371. The second kappa shape index (κ2) is 8.28. The first-order valence-corrected chi connectivity index (χ1v) is 7.90. The van der Waals surface area contributed by atoms with Gasteiger partial charge in [0.1, 0.15) is 5.75 Å². The third-order valence-electron chi connectivity index (χ3n) is 4.03. The molecule has 3 nitrogen and oxygen atoms in total. The second-order valence-corrected chi connectivity index (χ2v) is 5.73. The summed E-state index contributed by atoms with van der Waals surface area (Å²) < 4.78 is 5.22. The maximum atomic E-state index is 5.22. The Balaban J connectivity index is 1.90. The lowest BCUT2D eigenvalue weighted by Crippen LogP contribution is -2.37. The van der Waals surface area contributed by atoms with Crippen LogP contribution >= 0.6 is 0 Å². The van der Waals surface area contributed by atoms with Crippen molar-refractivity contribution in [2.45, 2.75) is 45.2 Å². The van der Waals surface area contributed by atoms with Gasteiger partial charge >= 0.3 is 0 Å². The molecule has 20 heavy (non-hydrogen) atoms. The van der Waals surface area contributed by atoms with Gasteiger partial charge in [-0.2, -0.15) is 0 Å². The van der Waals surface area contributed by atoms with Crippen molar-refractivity contribution in [2.75, 3.05) is 26.7 Å². The summed E-state index contributed by atoms with van der Waals surface area (Å²) in [6.45, 7) is 6.86. The van der Waals surface area contributed by atoms with Gasteiger partial charge in [-0.15, -0.1) is 0 Å². The predicted molar refractivity (Wildman–Crippen MR) is 84.2 cm³/mol. The van der Waals surface area contributed by atoms with Crippen LogP contribution in [0.25, 0.3) is 0 Å². The van der Waals surface area contributed by atoms with Crippen molar-refractivity contribution >= 4 is 0 Å². The quantitative estimate of drug-likeness (QED) is 0.790. The first-order valence-electron chi connectivity index (χ1n) is 7.90. The molecular formula is C17H28N2O. The number of rotatable bonds is 8. The molecular weight excluding hydrogens is 248 g/mol. The number of hydrogen-bond donors (Lipinski definition) is 1. The average Bonchev–Trinajstić information content (AvgIpc) is 2.98. The van der Waals surface area contributed by atoms with E-state index in [4.69, 9.17) is 4.74 Å². The summed E-state index contributed by atoms with van der Waals surface area (Å²) in [5.74, 6) is 0.936. The molecule has 0 aliphatic carbocycles. The fraction of sp³-hybridized carbons (Fsp3) is 0.647. The van der Waals surface area contributed by atoms with E-state index in [2.05, 4.69) is 41.4 Å². The molecule has 0 spiro atoms. The highest BCUT2D eigenvalue weighted by Crippen LogP contribution is 2.15. The van der Waals surface area contributed by atoms with E-state index in [-0.39, 0.29) is 0 Å². The fourth-order valence-corrected chi connectivity index (χ4v) is 2.83. The topological polar surface area (TPSA) is 24.5 Å². The molecule has 3 heteroatoms. The van der Waals surface area contributed by atoms with Crippen LogP contribution in [-0.4, -0.2) is 37.7 Å². The number of nitrogens with zero attached hydrogens (tertiary/aromatic N) is 1. The molecule has 1 atom stereocenters. The SMILES string of the molecule is CCCCN(Cc1ccc(OC)cc1)CC1CCCN1. The summed E-state index contributed by atoms with van der Waals surface area (Å²) >= 11 is 0. The van der Waals surface area contributed by atoms with Gasteiger partial charge < -0.3 is 10.1 Å². The normalized spacial score (nSPS) is 18.6. The van der Waals surface area contributed by atoms with Gasteiger partial charge in [-0.25, -0.2) is 0 Å². The molecule has 1 aromatic rings. The number of ether oxygens (including phenoxy) is 1. The maximum absolute atomic E-state index is 5.22. The molecule has 0 radical (unpaired) electrons. The maximum Gasteiger partial charge on any atom is 0.118 e. The van der Waals surface area contributed by atoms with Gasteiger partial charge in [0.2, 0.25) is 0 Å². The zero-order chi connectivity index (χ0) is 14.2. The molecule has 1 aromatic carbocycles. The molecule has 1 N–H and O–H groups in total.